The number of benzene rings is 1. The van der Waals surface area contributed by atoms with E-state index in [2.05, 4.69) is 0 Å². The summed E-state index contributed by atoms with van der Waals surface area (Å²) in [7, 11) is -1.73. The Bertz CT molecular complexity index is 546. The van der Waals surface area contributed by atoms with Crippen LogP contribution >= 0.6 is 0 Å². The van der Waals surface area contributed by atoms with Gasteiger partial charge in [-0.25, -0.2) is 8.42 Å². The Hall–Kier alpha value is -1.56. The Balaban J connectivity index is 2.32. The molecular formula is C12H14O5S. The van der Waals surface area contributed by atoms with Crippen molar-refractivity contribution >= 4 is 15.8 Å². The van der Waals surface area contributed by atoms with Gasteiger partial charge >= 0.3 is 5.97 Å². The number of ether oxygens (including phenoxy) is 1. The summed E-state index contributed by atoms with van der Waals surface area (Å²) in [5.74, 6) is -2.11. The Morgan fingerprint density at radius 3 is 2.39 bits per heavy atom. The Morgan fingerprint density at radius 1 is 1.28 bits per heavy atom. The quantitative estimate of drug-likeness (QED) is 0.883. The smallest absolute Gasteiger partial charge is 0.308 e. The lowest BCUT2D eigenvalue weighted by atomic mass is 9.89. The highest BCUT2D eigenvalue weighted by Gasteiger charge is 2.42. The van der Waals surface area contributed by atoms with Crippen molar-refractivity contribution in [1.29, 1.82) is 0 Å². The summed E-state index contributed by atoms with van der Waals surface area (Å²) >= 11 is 0. The summed E-state index contributed by atoms with van der Waals surface area (Å²) in [6.07, 6.45) is 0. The number of sulfone groups is 1. The molecule has 1 aliphatic heterocycles. The van der Waals surface area contributed by atoms with Crippen molar-refractivity contribution in [3.63, 3.8) is 0 Å². The van der Waals surface area contributed by atoms with Crippen molar-refractivity contribution in [2.45, 2.75) is 5.92 Å². The number of methoxy groups -OCH3 is 1. The Morgan fingerprint density at radius 2 is 1.89 bits per heavy atom. The van der Waals surface area contributed by atoms with Crippen molar-refractivity contribution in [2.75, 3.05) is 18.6 Å². The molecule has 98 valence electrons. The van der Waals surface area contributed by atoms with E-state index in [0.717, 1.165) is 5.56 Å². The highest BCUT2D eigenvalue weighted by Crippen LogP contribution is 2.35. The van der Waals surface area contributed by atoms with Crippen molar-refractivity contribution in [3.05, 3.63) is 29.8 Å². The molecule has 0 aromatic heterocycles. The number of carbonyl (C=O) groups is 1. The topological polar surface area (TPSA) is 80.7 Å². The van der Waals surface area contributed by atoms with Gasteiger partial charge in [-0.15, -0.1) is 0 Å². The molecule has 1 saturated heterocycles. The lowest BCUT2D eigenvalue weighted by Gasteiger charge is -2.14. The first kappa shape index (κ1) is 12.9. The molecule has 1 aliphatic rings. The molecule has 0 aliphatic carbocycles. The fourth-order valence-electron chi connectivity index (χ4n) is 2.27. The van der Waals surface area contributed by atoms with Gasteiger partial charge in [-0.05, 0) is 17.7 Å². The van der Waals surface area contributed by atoms with E-state index in [4.69, 9.17) is 9.84 Å². The molecule has 1 aromatic carbocycles. The Labute approximate surface area is 105 Å². The van der Waals surface area contributed by atoms with E-state index >= 15 is 0 Å². The van der Waals surface area contributed by atoms with E-state index in [9.17, 15) is 13.2 Å². The number of hydrogen-bond donors (Lipinski definition) is 1. The molecule has 1 aromatic rings. The van der Waals surface area contributed by atoms with Crippen molar-refractivity contribution in [2.24, 2.45) is 5.92 Å². The number of aliphatic carboxylic acids is 1. The van der Waals surface area contributed by atoms with Gasteiger partial charge in [-0.3, -0.25) is 4.79 Å². The molecule has 2 atom stereocenters. The maximum absolute atomic E-state index is 11.6. The van der Waals surface area contributed by atoms with Crippen molar-refractivity contribution in [1.82, 2.24) is 0 Å². The second kappa shape index (κ2) is 4.61. The minimum absolute atomic E-state index is 0.101. The number of carboxylic acids is 1. The average molecular weight is 270 g/mol. The first-order valence-corrected chi connectivity index (χ1v) is 7.32. The molecule has 1 heterocycles. The van der Waals surface area contributed by atoms with Crippen LogP contribution in [-0.4, -0.2) is 38.1 Å². The molecule has 0 saturated carbocycles. The van der Waals surface area contributed by atoms with E-state index in [1.54, 1.807) is 24.3 Å². The van der Waals surface area contributed by atoms with E-state index in [0.29, 0.717) is 5.75 Å². The van der Waals surface area contributed by atoms with Gasteiger partial charge < -0.3 is 9.84 Å². The zero-order chi connectivity index (χ0) is 13.3. The molecule has 0 spiro atoms. The molecule has 0 amide bonds. The van der Waals surface area contributed by atoms with Crippen LogP contribution < -0.4 is 4.74 Å². The molecule has 0 radical (unpaired) electrons. The van der Waals surface area contributed by atoms with Crippen LogP contribution in [0.4, 0.5) is 0 Å². The molecule has 18 heavy (non-hydrogen) atoms. The highest BCUT2D eigenvalue weighted by atomic mass is 32.2. The predicted octanol–water partition coefficient (Wildman–Crippen LogP) is 0.908. The third-order valence-corrected chi connectivity index (χ3v) is 4.95. The zero-order valence-electron chi connectivity index (χ0n) is 9.87. The lowest BCUT2D eigenvalue weighted by Crippen LogP contribution is -2.20. The van der Waals surface area contributed by atoms with Crippen molar-refractivity contribution < 1.29 is 23.1 Å². The van der Waals surface area contributed by atoms with Crippen LogP contribution in [0.1, 0.15) is 11.5 Å². The fraction of sp³-hybridized carbons (Fsp3) is 0.417. The third kappa shape index (κ3) is 2.48. The van der Waals surface area contributed by atoms with Gasteiger partial charge in [-0.2, -0.15) is 0 Å². The number of hydrogen-bond acceptors (Lipinski definition) is 4. The van der Waals surface area contributed by atoms with Crippen LogP contribution in [0.5, 0.6) is 5.75 Å². The molecule has 1 N–H and O–H groups in total. The second-order valence-electron chi connectivity index (χ2n) is 4.40. The standard InChI is InChI=1S/C12H14O5S/c1-17-9-4-2-8(3-5-9)10-6-18(15,16)7-11(10)12(13)14/h2-5,10-11H,6-7H2,1H3,(H,13,14). The monoisotopic (exact) mass is 270 g/mol. The largest absolute Gasteiger partial charge is 0.497 e. The molecular weight excluding hydrogens is 256 g/mol. The summed E-state index contributed by atoms with van der Waals surface area (Å²) in [6, 6.07) is 6.86. The second-order valence-corrected chi connectivity index (χ2v) is 6.56. The summed E-state index contributed by atoms with van der Waals surface area (Å²) in [5.41, 5.74) is 0.726. The van der Waals surface area contributed by atoms with Gasteiger partial charge in [0.15, 0.2) is 9.84 Å². The highest BCUT2D eigenvalue weighted by molar-refractivity contribution is 7.91. The van der Waals surface area contributed by atoms with Crippen LogP contribution in [0.2, 0.25) is 0 Å². The molecule has 0 bridgehead atoms. The third-order valence-electron chi connectivity index (χ3n) is 3.21. The molecule has 5 nitrogen and oxygen atoms in total. The van der Waals surface area contributed by atoms with Gasteiger partial charge in [0.05, 0.1) is 24.5 Å². The summed E-state index contributed by atoms with van der Waals surface area (Å²) in [4.78, 5) is 11.1. The van der Waals surface area contributed by atoms with E-state index < -0.39 is 27.6 Å². The average Bonchev–Trinajstić information content (AvgIpc) is 2.66. The summed E-state index contributed by atoms with van der Waals surface area (Å²) in [6.45, 7) is 0. The van der Waals surface area contributed by atoms with Gasteiger partial charge in [0, 0.05) is 5.92 Å². The van der Waals surface area contributed by atoms with Gasteiger partial charge in [0.2, 0.25) is 0 Å². The maximum atomic E-state index is 11.6. The maximum Gasteiger partial charge on any atom is 0.308 e. The van der Waals surface area contributed by atoms with Crippen LogP contribution in [0.15, 0.2) is 24.3 Å². The van der Waals surface area contributed by atoms with Gasteiger partial charge in [0.1, 0.15) is 5.75 Å². The fourth-order valence-corrected chi connectivity index (χ4v) is 4.30. The van der Waals surface area contributed by atoms with Crippen LogP contribution in [-0.2, 0) is 14.6 Å². The molecule has 1 fully saturated rings. The van der Waals surface area contributed by atoms with E-state index in [1.807, 2.05) is 0 Å². The predicted molar refractivity (Wildman–Crippen MR) is 65.5 cm³/mol. The minimum Gasteiger partial charge on any atom is -0.497 e. The first-order chi connectivity index (χ1) is 8.43. The summed E-state index contributed by atoms with van der Waals surface area (Å²) in [5, 5.41) is 9.09. The molecule has 2 rings (SSSR count). The van der Waals surface area contributed by atoms with Crippen LogP contribution in [0.25, 0.3) is 0 Å². The SMILES string of the molecule is COc1ccc(C2CS(=O)(=O)CC2C(=O)O)cc1. The molecule has 2 unspecified atom stereocenters. The van der Waals surface area contributed by atoms with E-state index in [-0.39, 0.29) is 11.5 Å². The van der Waals surface area contributed by atoms with Gasteiger partial charge in [0.25, 0.3) is 0 Å². The Kier molecular flexibility index (Phi) is 3.30. The number of rotatable bonds is 3. The lowest BCUT2D eigenvalue weighted by molar-refractivity contribution is -0.141. The van der Waals surface area contributed by atoms with Crippen LogP contribution in [0, 0.1) is 5.92 Å². The van der Waals surface area contributed by atoms with Crippen LogP contribution in [0.3, 0.4) is 0 Å². The normalized spacial score (nSPS) is 25.8. The van der Waals surface area contributed by atoms with Crippen molar-refractivity contribution in [3.8, 4) is 5.75 Å². The zero-order valence-corrected chi connectivity index (χ0v) is 10.7. The number of carboxylic acid groups (broad SMARTS) is 1. The van der Waals surface area contributed by atoms with Gasteiger partial charge in [-0.1, -0.05) is 12.1 Å². The first-order valence-electron chi connectivity index (χ1n) is 5.50. The van der Waals surface area contributed by atoms with E-state index in [1.165, 1.54) is 7.11 Å². The minimum atomic E-state index is -3.27. The summed E-state index contributed by atoms with van der Waals surface area (Å²) < 4.78 is 28.1. The molecule has 6 heteroatoms.